The van der Waals surface area contributed by atoms with Crippen LogP contribution in [0.15, 0.2) is 41.7 Å². The fourth-order valence-corrected chi connectivity index (χ4v) is 2.37. The topological polar surface area (TPSA) is 74.7 Å². The van der Waals surface area contributed by atoms with E-state index in [0.29, 0.717) is 11.4 Å². The maximum Gasteiger partial charge on any atom is 0.174 e. The molecule has 0 atom stereocenters. The van der Waals surface area contributed by atoms with Crippen molar-refractivity contribution in [3.63, 3.8) is 0 Å². The molecule has 110 valence electrons. The van der Waals surface area contributed by atoms with Crippen LogP contribution in [0.2, 0.25) is 0 Å². The lowest BCUT2D eigenvalue weighted by Gasteiger charge is -2.25. The summed E-state index contributed by atoms with van der Waals surface area (Å²) < 4.78 is 0. The van der Waals surface area contributed by atoms with Crippen LogP contribution < -0.4 is 10.6 Å². The van der Waals surface area contributed by atoms with Gasteiger partial charge in [0, 0.05) is 18.4 Å². The molecular formula is C16H20N4O. The number of amidine groups is 1. The number of nitrogens with two attached hydrogens (primary N) is 1. The lowest BCUT2D eigenvalue weighted by Crippen LogP contribution is -2.24. The zero-order valence-electron chi connectivity index (χ0n) is 12.5. The third-order valence-electron chi connectivity index (χ3n) is 3.39. The fourth-order valence-electron chi connectivity index (χ4n) is 2.37. The molecule has 0 aliphatic rings. The van der Waals surface area contributed by atoms with E-state index < -0.39 is 0 Å². The zero-order valence-corrected chi connectivity index (χ0v) is 12.5. The standard InChI is InChI=1S/C16H20N4O/c1-4-20(13-7-5-6-11(2)10-13)16-14(15(17)19-21)12(3)8-9-18-16/h5-10,21H,4H2,1-3H3,(H2,17,19). The van der Waals surface area contributed by atoms with Crippen molar-refractivity contribution in [3.05, 3.63) is 53.2 Å². The Morgan fingerprint density at radius 3 is 2.71 bits per heavy atom. The molecule has 0 radical (unpaired) electrons. The first-order valence-electron chi connectivity index (χ1n) is 6.86. The second-order valence-electron chi connectivity index (χ2n) is 4.89. The number of pyridine rings is 1. The number of aryl methyl sites for hydroxylation is 2. The maximum absolute atomic E-state index is 9.02. The Morgan fingerprint density at radius 1 is 1.33 bits per heavy atom. The summed E-state index contributed by atoms with van der Waals surface area (Å²) in [5, 5.41) is 12.2. The Kier molecular flexibility index (Phi) is 4.42. The van der Waals surface area contributed by atoms with Crippen molar-refractivity contribution < 1.29 is 5.21 Å². The van der Waals surface area contributed by atoms with Gasteiger partial charge in [-0.15, -0.1) is 0 Å². The smallest absolute Gasteiger partial charge is 0.174 e. The van der Waals surface area contributed by atoms with E-state index in [0.717, 1.165) is 17.8 Å². The Bertz CT molecular complexity index is 667. The third-order valence-corrected chi connectivity index (χ3v) is 3.39. The van der Waals surface area contributed by atoms with Gasteiger partial charge in [0.15, 0.2) is 5.84 Å². The van der Waals surface area contributed by atoms with Crippen LogP contribution >= 0.6 is 0 Å². The minimum Gasteiger partial charge on any atom is -0.409 e. The number of aromatic nitrogens is 1. The van der Waals surface area contributed by atoms with Gasteiger partial charge in [-0.05, 0) is 50.1 Å². The number of oxime groups is 1. The second-order valence-corrected chi connectivity index (χ2v) is 4.89. The fraction of sp³-hybridized carbons (Fsp3) is 0.250. The van der Waals surface area contributed by atoms with Gasteiger partial charge in [0.25, 0.3) is 0 Å². The number of rotatable bonds is 4. The van der Waals surface area contributed by atoms with Gasteiger partial charge in [-0.25, -0.2) is 4.98 Å². The molecule has 1 heterocycles. The zero-order chi connectivity index (χ0) is 15.4. The largest absolute Gasteiger partial charge is 0.409 e. The van der Waals surface area contributed by atoms with E-state index in [9.17, 15) is 0 Å². The molecule has 2 aromatic rings. The van der Waals surface area contributed by atoms with Crippen LogP contribution in [0.3, 0.4) is 0 Å². The van der Waals surface area contributed by atoms with Crippen molar-refractivity contribution in [1.82, 2.24) is 4.98 Å². The molecular weight excluding hydrogens is 264 g/mol. The van der Waals surface area contributed by atoms with Gasteiger partial charge in [0.05, 0.1) is 5.56 Å². The highest BCUT2D eigenvalue weighted by Gasteiger charge is 2.18. The van der Waals surface area contributed by atoms with Gasteiger partial charge in [-0.3, -0.25) is 0 Å². The molecule has 1 aromatic heterocycles. The molecule has 5 heteroatoms. The van der Waals surface area contributed by atoms with Gasteiger partial charge >= 0.3 is 0 Å². The van der Waals surface area contributed by atoms with Crippen LogP contribution in [0.25, 0.3) is 0 Å². The minimum atomic E-state index is 0.0710. The highest BCUT2D eigenvalue weighted by molar-refractivity contribution is 6.03. The molecule has 0 unspecified atom stereocenters. The normalized spacial score (nSPS) is 11.5. The van der Waals surface area contributed by atoms with Gasteiger partial charge in [-0.2, -0.15) is 0 Å². The summed E-state index contributed by atoms with van der Waals surface area (Å²) in [5.74, 6) is 0.764. The molecule has 0 amide bonds. The summed E-state index contributed by atoms with van der Waals surface area (Å²) >= 11 is 0. The molecule has 21 heavy (non-hydrogen) atoms. The third kappa shape index (κ3) is 2.97. The van der Waals surface area contributed by atoms with Crippen molar-refractivity contribution in [2.75, 3.05) is 11.4 Å². The number of hydrogen-bond donors (Lipinski definition) is 2. The summed E-state index contributed by atoms with van der Waals surface area (Å²) in [4.78, 5) is 6.49. The lowest BCUT2D eigenvalue weighted by atomic mass is 10.1. The molecule has 0 saturated heterocycles. The molecule has 1 aromatic carbocycles. The molecule has 0 aliphatic carbocycles. The number of anilines is 2. The minimum absolute atomic E-state index is 0.0710. The van der Waals surface area contributed by atoms with Crippen molar-refractivity contribution >= 4 is 17.3 Å². The second kappa shape index (κ2) is 6.26. The average Bonchev–Trinajstić information content (AvgIpc) is 2.47. The van der Waals surface area contributed by atoms with Crippen LogP contribution in [0.5, 0.6) is 0 Å². The van der Waals surface area contributed by atoms with Gasteiger partial charge in [0.2, 0.25) is 0 Å². The number of hydrogen-bond acceptors (Lipinski definition) is 4. The number of benzene rings is 1. The van der Waals surface area contributed by atoms with Gasteiger partial charge < -0.3 is 15.8 Å². The first-order valence-corrected chi connectivity index (χ1v) is 6.86. The first-order chi connectivity index (χ1) is 10.1. The van der Waals surface area contributed by atoms with Crippen molar-refractivity contribution in [1.29, 1.82) is 0 Å². The van der Waals surface area contributed by atoms with E-state index in [1.165, 1.54) is 5.56 Å². The first kappa shape index (κ1) is 14.8. The molecule has 0 bridgehead atoms. The molecule has 0 saturated carbocycles. The Labute approximate surface area is 124 Å². The summed E-state index contributed by atoms with van der Waals surface area (Å²) in [6, 6.07) is 10.0. The monoisotopic (exact) mass is 284 g/mol. The molecule has 2 rings (SSSR count). The maximum atomic E-state index is 9.02. The van der Waals surface area contributed by atoms with Crippen LogP contribution in [-0.2, 0) is 0 Å². The Hall–Kier alpha value is -2.56. The van der Waals surface area contributed by atoms with Gasteiger partial charge in [0.1, 0.15) is 5.82 Å². The van der Waals surface area contributed by atoms with Crippen LogP contribution in [-0.4, -0.2) is 22.6 Å². The highest BCUT2D eigenvalue weighted by atomic mass is 16.4. The summed E-state index contributed by atoms with van der Waals surface area (Å²) in [6.07, 6.45) is 1.73. The number of nitrogens with zero attached hydrogens (tertiary/aromatic N) is 3. The lowest BCUT2D eigenvalue weighted by molar-refractivity contribution is 0.318. The molecule has 0 aliphatic heterocycles. The van der Waals surface area contributed by atoms with E-state index in [-0.39, 0.29) is 5.84 Å². The summed E-state index contributed by atoms with van der Waals surface area (Å²) in [5.41, 5.74) is 9.60. The molecule has 0 fully saturated rings. The highest BCUT2D eigenvalue weighted by Crippen LogP contribution is 2.28. The molecule has 3 N–H and O–H groups in total. The van der Waals surface area contributed by atoms with E-state index in [1.54, 1.807) is 6.20 Å². The van der Waals surface area contributed by atoms with E-state index in [2.05, 4.69) is 16.2 Å². The summed E-state index contributed by atoms with van der Waals surface area (Å²) in [6.45, 7) is 6.74. The van der Waals surface area contributed by atoms with Gasteiger partial charge in [-0.1, -0.05) is 17.3 Å². The Balaban J connectivity index is 2.61. The molecule has 5 nitrogen and oxygen atoms in total. The Morgan fingerprint density at radius 2 is 2.10 bits per heavy atom. The predicted molar refractivity (Wildman–Crippen MR) is 85.3 cm³/mol. The summed E-state index contributed by atoms with van der Waals surface area (Å²) in [7, 11) is 0. The van der Waals surface area contributed by atoms with Crippen molar-refractivity contribution in [3.8, 4) is 0 Å². The quantitative estimate of drug-likeness (QED) is 0.392. The van der Waals surface area contributed by atoms with E-state index in [1.807, 2.05) is 49.9 Å². The van der Waals surface area contributed by atoms with Crippen molar-refractivity contribution in [2.24, 2.45) is 10.9 Å². The van der Waals surface area contributed by atoms with Crippen molar-refractivity contribution in [2.45, 2.75) is 20.8 Å². The predicted octanol–water partition coefficient (Wildman–Crippen LogP) is 2.95. The SMILES string of the molecule is CCN(c1cccc(C)c1)c1nccc(C)c1/C(N)=N/O. The van der Waals surface area contributed by atoms with E-state index in [4.69, 9.17) is 10.9 Å². The van der Waals surface area contributed by atoms with Crippen LogP contribution in [0.4, 0.5) is 11.5 Å². The van der Waals surface area contributed by atoms with E-state index >= 15 is 0 Å². The van der Waals surface area contributed by atoms with Crippen LogP contribution in [0, 0.1) is 13.8 Å². The van der Waals surface area contributed by atoms with Crippen LogP contribution in [0.1, 0.15) is 23.6 Å². The average molecular weight is 284 g/mol. The molecule has 0 spiro atoms.